The van der Waals surface area contributed by atoms with Gasteiger partial charge in [0.15, 0.2) is 0 Å². The van der Waals surface area contributed by atoms with E-state index in [1.165, 1.54) is 29.2 Å². The number of rotatable bonds is 3. The molecule has 3 aromatic carbocycles. The van der Waals surface area contributed by atoms with Crippen LogP contribution in [0.5, 0.6) is 0 Å². The second-order valence-electron chi connectivity index (χ2n) is 6.77. The molecule has 30 heavy (non-hydrogen) atoms. The monoisotopic (exact) mass is 508 g/mol. The number of urea groups is 1. The van der Waals surface area contributed by atoms with Crippen molar-refractivity contribution in [1.29, 1.82) is 0 Å². The van der Waals surface area contributed by atoms with E-state index in [4.69, 9.17) is 11.6 Å². The van der Waals surface area contributed by atoms with Crippen LogP contribution in [0.25, 0.3) is 0 Å². The van der Waals surface area contributed by atoms with Gasteiger partial charge < -0.3 is 0 Å². The Morgan fingerprint density at radius 2 is 1.77 bits per heavy atom. The zero-order valence-electron chi connectivity index (χ0n) is 15.6. The number of amides is 2. The van der Waals surface area contributed by atoms with Crippen LogP contribution in [0.2, 0.25) is 5.02 Å². The fraction of sp³-hybridized carbons (Fsp3) is 0.0952. The lowest BCUT2D eigenvalue weighted by atomic mass is 10.1. The van der Waals surface area contributed by atoms with Crippen molar-refractivity contribution in [1.82, 2.24) is 0 Å². The summed E-state index contributed by atoms with van der Waals surface area (Å²) < 4.78 is 42.5. The van der Waals surface area contributed by atoms with Crippen LogP contribution in [0, 0.1) is 12.7 Å². The summed E-state index contributed by atoms with van der Waals surface area (Å²) in [6, 6.07) is 14.6. The van der Waals surface area contributed by atoms with Crippen LogP contribution in [0.3, 0.4) is 0 Å². The minimum absolute atomic E-state index is 0.0403. The molecular weight excluding hydrogens is 495 g/mol. The van der Waals surface area contributed by atoms with E-state index in [9.17, 15) is 17.6 Å². The number of sulfonamides is 1. The third kappa shape index (κ3) is 3.49. The van der Waals surface area contributed by atoms with Crippen LogP contribution < -0.4 is 9.21 Å². The van der Waals surface area contributed by atoms with Gasteiger partial charge in [-0.25, -0.2) is 17.6 Å². The highest BCUT2D eigenvalue weighted by Crippen LogP contribution is 2.39. The van der Waals surface area contributed by atoms with Crippen molar-refractivity contribution >= 4 is 55.0 Å². The van der Waals surface area contributed by atoms with E-state index in [1.54, 1.807) is 43.3 Å². The lowest BCUT2D eigenvalue weighted by Gasteiger charge is -2.36. The topological polar surface area (TPSA) is 57.7 Å². The molecule has 0 aromatic heterocycles. The number of halogens is 3. The number of fused-ring (bicyclic) bond motifs is 1. The van der Waals surface area contributed by atoms with E-state index in [-0.39, 0.29) is 28.4 Å². The third-order valence-electron chi connectivity index (χ3n) is 4.81. The number of carbonyl (C=O) groups excluding carboxylic acids is 1. The third-order valence-corrected chi connectivity index (χ3v) is 7.28. The molecule has 0 aliphatic carbocycles. The molecule has 1 aliphatic heterocycles. The number of benzene rings is 3. The van der Waals surface area contributed by atoms with Gasteiger partial charge in [0.2, 0.25) is 0 Å². The Morgan fingerprint density at radius 3 is 2.50 bits per heavy atom. The van der Waals surface area contributed by atoms with E-state index < -0.39 is 21.9 Å². The SMILES string of the molecule is Cc1ccc(Cl)cc1N1C(=O)N(Cc2ccc(Br)cc2F)c2ccccc2S1(=O)=O. The molecule has 0 saturated heterocycles. The largest absolute Gasteiger partial charge is 0.343 e. The van der Waals surface area contributed by atoms with E-state index in [0.29, 0.717) is 15.1 Å². The summed E-state index contributed by atoms with van der Waals surface area (Å²) in [5, 5.41) is 0.294. The first-order valence-electron chi connectivity index (χ1n) is 8.86. The number of para-hydroxylation sites is 1. The molecule has 0 saturated carbocycles. The van der Waals surface area contributed by atoms with Crippen LogP contribution in [0.15, 0.2) is 70.0 Å². The summed E-state index contributed by atoms with van der Waals surface area (Å²) in [6.07, 6.45) is 0. The average molecular weight is 510 g/mol. The molecule has 0 bridgehead atoms. The molecule has 0 unspecified atom stereocenters. The highest BCUT2D eigenvalue weighted by Gasteiger charge is 2.43. The number of hydrogen-bond donors (Lipinski definition) is 0. The van der Waals surface area contributed by atoms with Crippen molar-refractivity contribution < 1.29 is 17.6 Å². The highest BCUT2D eigenvalue weighted by molar-refractivity contribution is 9.10. The second-order valence-corrected chi connectivity index (χ2v) is 9.88. The van der Waals surface area contributed by atoms with Gasteiger partial charge in [0, 0.05) is 15.1 Å². The van der Waals surface area contributed by atoms with Crippen molar-refractivity contribution in [2.75, 3.05) is 9.21 Å². The predicted molar refractivity (Wildman–Crippen MR) is 118 cm³/mol. The molecule has 1 heterocycles. The molecule has 0 spiro atoms. The minimum atomic E-state index is -4.18. The molecule has 0 atom stereocenters. The Kier molecular flexibility index (Phi) is 5.34. The van der Waals surface area contributed by atoms with E-state index in [1.807, 2.05) is 0 Å². The van der Waals surface area contributed by atoms with Crippen LogP contribution in [0.1, 0.15) is 11.1 Å². The van der Waals surface area contributed by atoms with E-state index in [2.05, 4.69) is 15.9 Å². The lowest BCUT2D eigenvalue weighted by molar-refractivity contribution is 0.253. The summed E-state index contributed by atoms with van der Waals surface area (Å²) >= 11 is 9.29. The summed E-state index contributed by atoms with van der Waals surface area (Å²) in [5.41, 5.74) is 1.16. The maximum atomic E-state index is 14.5. The fourth-order valence-corrected chi connectivity index (χ4v) is 5.47. The number of aryl methyl sites for hydroxylation is 1. The van der Waals surface area contributed by atoms with Gasteiger partial charge in [0.05, 0.1) is 17.9 Å². The van der Waals surface area contributed by atoms with Gasteiger partial charge in [-0.1, -0.05) is 51.8 Å². The quantitative estimate of drug-likeness (QED) is 0.443. The van der Waals surface area contributed by atoms with Crippen molar-refractivity contribution in [2.24, 2.45) is 0 Å². The summed E-state index contributed by atoms with van der Waals surface area (Å²) in [5.74, 6) is -0.506. The number of hydrogen-bond acceptors (Lipinski definition) is 3. The van der Waals surface area contributed by atoms with Crippen LogP contribution >= 0.6 is 27.5 Å². The first-order chi connectivity index (χ1) is 14.2. The van der Waals surface area contributed by atoms with Crippen molar-refractivity contribution in [3.05, 3.63) is 87.1 Å². The molecule has 9 heteroatoms. The maximum Gasteiger partial charge on any atom is 0.343 e. The van der Waals surface area contributed by atoms with Crippen molar-refractivity contribution in [3.63, 3.8) is 0 Å². The van der Waals surface area contributed by atoms with Gasteiger partial charge in [-0.2, -0.15) is 4.31 Å². The molecular formula is C21H15BrClFN2O3S. The van der Waals surface area contributed by atoms with E-state index in [0.717, 1.165) is 4.31 Å². The molecule has 2 amide bonds. The van der Waals surface area contributed by atoms with Crippen LogP contribution in [-0.2, 0) is 16.6 Å². The molecule has 0 fully saturated rings. The zero-order chi connectivity index (χ0) is 21.6. The Balaban J connectivity index is 1.90. The predicted octanol–water partition coefficient (Wildman–Crippen LogP) is 5.89. The molecule has 5 nitrogen and oxygen atoms in total. The number of nitrogens with zero attached hydrogens (tertiary/aromatic N) is 2. The Labute approximate surface area is 186 Å². The van der Waals surface area contributed by atoms with Crippen molar-refractivity contribution in [2.45, 2.75) is 18.4 Å². The Bertz CT molecular complexity index is 1280. The van der Waals surface area contributed by atoms with E-state index >= 15 is 0 Å². The fourth-order valence-electron chi connectivity index (χ4n) is 3.32. The van der Waals surface area contributed by atoms with Gasteiger partial charge >= 0.3 is 6.03 Å². The van der Waals surface area contributed by atoms with Gasteiger partial charge in [0.25, 0.3) is 10.0 Å². The normalized spacial score (nSPS) is 15.3. The zero-order valence-corrected chi connectivity index (χ0v) is 18.8. The second kappa shape index (κ2) is 7.68. The molecule has 3 aromatic rings. The van der Waals surface area contributed by atoms with Gasteiger partial charge in [-0.3, -0.25) is 4.90 Å². The minimum Gasteiger partial charge on any atom is -0.287 e. The number of carbonyl (C=O) groups is 1. The smallest absolute Gasteiger partial charge is 0.287 e. The number of anilines is 2. The molecule has 0 radical (unpaired) electrons. The molecule has 154 valence electrons. The van der Waals surface area contributed by atoms with Gasteiger partial charge in [0.1, 0.15) is 10.7 Å². The van der Waals surface area contributed by atoms with Crippen molar-refractivity contribution in [3.8, 4) is 0 Å². The van der Waals surface area contributed by atoms with Gasteiger partial charge in [-0.05, 0) is 48.9 Å². The Morgan fingerprint density at radius 1 is 1.03 bits per heavy atom. The summed E-state index contributed by atoms with van der Waals surface area (Å²) in [6.45, 7) is 1.55. The van der Waals surface area contributed by atoms with Gasteiger partial charge in [-0.15, -0.1) is 0 Å². The summed E-state index contributed by atoms with van der Waals surface area (Å²) in [4.78, 5) is 14.7. The molecule has 4 rings (SSSR count). The molecule has 1 aliphatic rings. The highest BCUT2D eigenvalue weighted by atomic mass is 79.9. The maximum absolute atomic E-state index is 14.5. The summed E-state index contributed by atoms with van der Waals surface area (Å²) in [7, 11) is -4.18. The first-order valence-corrected chi connectivity index (χ1v) is 11.5. The van der Waals surface area contributed by atoms with Crippen LogP contribution in [-0.4, -0.2) is 14.4 Å². The standard InChI is InChI=1S/C21H15BrClFN2O3S/c1-13-6-9-16(23)11-19(13)26-21(27)25(12-14-7-8-15(22)10-17(14)24)18-4-2-3-5-20(18)30(26,28)29/h2-11H,12H2,1H3. The Hall–Kier alpha value is -2.42. The van der Waals surface area contributed by atoms with Crippen LogP contribution in [0.4, 0.5) is 20.6 Å². The molecule has 0 N–H and O–H groups in total. The average Bonchev–Trinajstić information content (AvgIpc) is 2.69. The first kappa shape index (κ1) is 20.8. The lowest BCUT2D eigenvalue weighted by Crippen LogP contribution is -2.51.